The van der Waals surface area contributed by atoms with Gasteiger partial charge in [-0.05, 0) is 130 Å². The highest BCUT2D eigenvalue weighted by atomic mass is 16.5. The number of amides is 4. The normalized spacial score (nSPS) is 14.9. The predicted molar refractivity (Wildman–Crippen MR) is 220 cm³/mol. The molecule has 2 aromatic heterocycles. The molecular formula is C45H48N6O6. The highest BCUT2D eigenvalue weighted by molar-refractivity contribution is 6.06. The number of ketones is 1. The maximum atomic E-state index is 13.3. The summed E-state index contributed by atoms with van der Waals surface area (Å²) in [6.07, 6.45) is 9.44. The van der Waals surface area contributed by atoms with Gasteiger partial charge in [0.25, 0.3) is 17.7 Å². The van der Waals surface area contributed by atoms with E-state index >= 15 is 0 Å². The summed E-state index contributed by atoms with van der Waals surface area (Å²) in [6.45, 7) is 4.64. The quantitative estimate of drug-likeness (QED) is 0.0874. The fourth-order valence-electron chi connectivity index (χ4n) is 7.71. The van der Waals surface area contributed by atoms with E-state index in [0.717, 1.165) is 65.8 Å². The third-order valence-electron chi connectivity index (χ3n) is 10.9. The van der Waals surface area contributed by atoms with Crippen LogP contribution in [-0.4, -0.2) is 62.6 Å². The highest BCUT2D eigenvalue weighted by Crippen LogP contribution is 2.33. The van der Waals surface area contributed by atoms with Crippen molar-refractivity contribution < 1.29 is 28.7 Å². The number of carbonyl (C=O) groups excluding carboxylic acids is 5. The van der Waals surface area contributed by atoms with Crippen LogP contribution in [0.15, 0.2) is 85.2 Å². The maximum Gasteiger partial charge on any atom is 0.272 e. The van der Waals surface area contributed by atoms with E-state index in [9.17, 15) is 24.0 Å². The van der Waals surface area contributed by atoms with Crippen LogP contribution in [0, 0.1) is 6.92 Å². The summed E-state index contributed by atoms with van der Waals surface area (Å²) in [6, 6.07) is 21.8. The van der Waals surface area contributed by atoms with Crippen molar-refractivity contribution >= 4 is 46.5 Å². The van der Waals surface area contributed by atoms with E-state index in [1.807, 2.05) is 37.4 Å². The zero-order chi connectivity index (χ0) is 40.2. The first-order valence-corrected chi connectivity index (χ1v) is 19.5. The number of aryl methyl sites for hydroxylation is 4. The number of rotatable bonds is 12. The Kier molecular flexibility index (Phi) is 11.4. The molecule has 2 aliphatic rings. The summed E-state index contributed by atoms with van der Waals surface area (Å²) in [5, 5.41) is 8.67. The van der Waals surface area contributed by atoms with Crippen molar-refractivity contribution in [1.82, 2.24) is 14.0 Å². The molecule has 1 atom stereocenters. The van der Waals surface area contributed by atoms with Crippen molar-refractivity contribution in [1.29, 1.82) is 0 Å². The van der Waals surface area contributed by atoms with Crippen LogP contribution in [0.25, 0.3) is 11.1 Å². The molecule has 0 saturated carbocycles. The van der Waals surface area contributed by atoms with Gasteiger partial charge in [0.1, 0.15) is 17.1 Å². The van der Waals surface area contributed by atoms with E-state index < -0.39 is 0 Å². The van der Waals surface area contributed by atoms with Crippen molar-refractivity contribution in [3.63, 3.8) is 0 Å². The third-order valence-corrected chi connectivity index (χ3v) is 10.9. The number of piperidine rings is 1. The van der Waals surface area contributed by atoms with Gasteiger partial charge in [-0.3, -0.25) is 24.0 Å². The van der Waals surface area contributed by atoms with Crippen LogP contribution in [0.1, 0.15) is 98.3 Å². The Morgan fingerprint density at radius 1 is 0.754 bits per heavy atom. The Bertz CT molecular complexity index is 2340. The highest BCUT2D eigenvalue weighted by Gasteiger charge is 2.32. The summed E-state index contributed by atoms with van der Waals surface area (Å²) >= 11 is 0. The molecule has 1 saturated heterocycles. The average molecular weight is 769 g/mol. The summed E-state index contributed by atoms with van der Waals surface area (Å²) in [7, 11) is 3.54. The van der Waals surface area contributed by atoms with Crippen molar-refractivity contribution in [2.45, 2.75) is 64.8 Å². The Hall–Kier alpha value is -6.43. The zero-order valence-electron chi connectivity index (χ0n) is 32.8. The number of nitrogens with zero attached hydrogens (tertiary/aromatic N) is 3. The second kappa shape index (κ2) is 16.7. The van der Waals surface area contributed by atoms with E-state index in [0.29, 0.717) is 53.1 Å². The monoisotopic (exact) mass is 768 g/mol. The largest absolute Gasteiger partial charge is 0.493 e. The van der Waals surface area contributed by atoms with Gasteiger partial charge in [0.2, 0.25) is 5.91 Å². The third kappa shape index (κ3) is 8.85. The molecule has 294 valence electrons. The Labute approximate surface area is 332 Å². The molecule has 0 unspecified atom stereocenters. The molecule has 0 radical (unpaired) electrons. The lowest BCUT2D eigenvalue weighted by Gasteiger charge is -2.34. The Morgan fingerprint density at radius 2 is 1.42 bits per heavy atom. The lowest BCUT2D eigenvalue weighted by Crippen LogP contribution is -2.42. The van der Waals surface area contributed by atoms with Gasteiger partial charge in [-0.25, -0.2) is 0 Å². The predicted octanol–water partition coefficient (Wildman–Crippen LogP) is 7.78. The van der Waals surface area contributed by atoms with Gasteiger partial charge < -0.3 is 34.7 Å². The number of aromatic nitrogens is 2. The van der Waals surface area contributed by atoms with Crippen molar-refractivity contribution in [3.05, 3.63) is 119 Å². The second-order valence-corrected chi connectivity index (χ2v) is 15.0. The summed E-state index contributed by atoms with van der Waals surface area (Å²) < 4.78 is 9.51. The summed E-state index contributed by atoms with van der Waals surface area (Å²) in [5.74, 6) is 0.0474. The Morgan fingerprint density at radius 3 is 2.12 bits per heavy atom. The van der Waals surface area contributed by atoms with Gasteiger partial charge in [-0.2, -0.15) is 0 Å². The molecule has 57 heavy (non-hydrogen) atoms. The minimum absolute atomic E-state index is 0.0427. The van der Waals surface area contributed by atoms with Crippen molar-refractivity contribution in [2.24, 2.45) is 14.1 Å². The molecule has 7 rings (SSSR count). The van der Waals surface area contributed by atoms with Gasteiger partial charge in [0.15, 0.2) is 5.78 Å². The number of Topliss-reactive ketones (excluding diaryl/α,β-unsaturated/α-hetero) is 1. The molecule has 0 aliphatic carbocycles. The van der Waals surface area contributed by atoms with Crippen molar-refractivity contribution in [3.8, 4) is 16.9 Å². The van der Waals surface area contributed by atoms with Crippen LogP contribution < -0.4 is 20.7 Å². The first-order chi connectivity index (χ1) is 27.4. The fraction of sp³-hybridized carbons (Fsp3) is 0.311. The van der Waals surface area contributed by atoms with E-state index in [1.54, 1.807) is 78.0 Å². The van der Waals surface area contributed by atoms with E-state index in [-0.39, 0.29) is 35.8 Å². The van der Waals surface area contributed by atoms with E-state index in [2.05, 4.69) is 20.9 Å². The molecule has 4 amide bonds. The lowest BCUT2D eigenvalue weighted by molar-refractivity contribution is -0.116. The Balaban J connectivity index is 0.885. The zero-order valence-corrected chi connectivity index (χ0v) is 32.8. The number of hydrogen-bond acceptors (Lipinski definition) is 6. The molecular weight excluding hydrogens is 721 g/mol. The number of nitrogens with one attached hydrogen (secondary N) is 3. The number of benzene rings is 3. The first-order valence-electron chi connectivity index (χ1n) is 19.5. The molecule has 5 aromatic rings. The lowest BCUT2D eigenvalue weighted by atomic mass is 9.97. The molecule has 4 heterocycles. The van der Waals surface area contributed by atoms with Crippen LogP contribution in [-0.2, 0) is 25.3 Å². The van der Waals surface area contributed by atoms with Gasteiger partial charge in [-0.1, -0.05) is 12.1 Å². The van der Waals surface area contributed by atoms with Crippen molar-refractivity contribution in [2.75, 3.05) is 29.1 Å². The molecule has 3 N–H and O–H groups in total. The molecule has 0 spiro atoms. The maximum absolute atomic E-state index is 13.3. The number of fused-ring (bicyclic) bond motifs is 2. The van der Waals surface area contributed by atoms with Crippen LogP contribution >= 0.6 is 0 Å². The van der Waals surface area contributed by atoms with E-state index in [4.69, 9.17) is 4.74 Å². The second-order valence-electron chi connectivity index (χ2n) is 15.0. The van der Waals surface area contributed by atoms with Crippen LogP contribution in [0.2, 0.25) is 0 Å². The number of carbonyl (C=O) groups is 5. The number of anilines is 3. The smallest absolute Gasteiger partial charge is 0.272 e. The summed E-state index contributed by atoms with van der Waals surface area (Å²) in [5.41, 5.74) is 7.54. The first kappa shape index (κ1) is 38.8. The number of hydrogen-bond donors (Lipinski definition) is 3. The van der Waals surface area contributed by atoms with Crippen LogP contribution in [0.5, 0.6) is 5.75 Å². The molecule has 2 aliphatic heterocycles. The topological polar surface area (TPSA) is 144 Å². The fourth-order valence-corrected chi connectivity index (χ4v) is 7.71. The van der Waals surface area contributed by atoms with Gasteiger partial charge in [0.05, 0.1) is 12.3 Å². The van der Waals surface area contributed by atoms with Gasteiger partial charge >= 0.3 is 0 Å². The molecule has 12 heteroatoms. The average Bonchev–Trinajstić information content (AvgIpc) is 3.74. The minimum atomic E-state index is -0.331. The minimum Gasteiger partial charge on any atom is -0.493 e. The molecule has 3 aromatic carbocycles. The standard InChI is InChI=1S/C45H48N6O6/c1-28-22-38-32(14-19-37-8-5-6-20-51(37)45(38)56)24-41(28)57-21-7-9-42(53)46-36-25-40(50(4)27-36)44(55)48-35-17-12-31(13-18-35)33-23-39(49(3)26-33)43(54)47-34-15-10-30(11-16-34)29(2)52/h10-13,15-18,22-27,37H,5-9,14,19-21H2,1-4H3,(H,46,53)(H,47,54)(H,48,55)/t37-/m0/s1. The van der Waals surface area contributed by atoms with Crippen LogP contribution in [0.4, 0.5) is 17.1 Å². The van der Waals surface area contributed by atoms with Crippen LogP contribution in [0.3, 0.4) is 0 Å². The SMILES string of the molecule is CC(=O)c1ccc(NC(=O)c2cc(-c3ccc(NC(=O)c4cc(NC(=O)CCCOc5cc6c(cc5C)C(=O)N5CCCC[C@H]5CC6)cn4C)cc3)cn2C)cc1. The molecule has 12 nitrogen and oxygen atoms in total. The molecule has 0 bridgehead atoms. The van der Waals surface area contributed by atoms with E-state index in [1.165, 1.54) is 13.3 Å². The van der Waals surface area contributed by atoms with Gasteiger partial charge in [-0.15, -0.1) is 0 Å². The summed E-state index contributed by atoms with van der Waals surface area (Å²) in [4.78, 5) is 66.0. The van der Waals surface area contributed by atoms with Gasteiger partial charge in [0, 0.05) is 73.6 Å². The molecule has 1 fully saturated rings. The number of ether oxygens (including phenoxy) is 1.